The molecule has 3 aromatic carbocycles. The molecule has 5 heteroatoms. The molecule has 1 aromatic heterocycles. The molecule has 0 fully saturated rings. The first-order valence-corrected chi connectivity index (χ1v) is 10.5. The van der Waals surface area contributed by atoms with Crippen molar-refractivity contribution >= 4 is 27.6 Å². The normalized spacial score (nSPS) is 10.8. The van der Waals surface area contributed by atoms with Crippen LogP contribution in [0.3, 0.4) is 0 Å². The van der Waals surface area contributed by atoms with Crippen LogP contribution in [0.1, 0.15) is 41.4 Å². The number of ether oxygens (including phenoxy) is 1. The van der Waals surface area contributed by atoms with Gasteiger partial charge in [-0.05, 0) is 47.0 Å². The first kappa shape index (κ1) is 20.5. The van der Waals surface area contributed by atoms with Crippen LogP contribution in [0.4, 0.5) is 0 Å². The Morgan fingerprint density at radius 3 is 2.74 bits per heavy atom. The highest BCUT2D eigenvalue weighted by Gasteiger charge is 2.20. The average molecular weight is 412 g/mol. The highest BCUT2D eigenvalue weighted by molar-refractivity contribution is 6.07. The SMILES string of the molecule is CCCCc1oc2ccccc2c1C(=O)NCc1ccc2cc(OCC#N)ccc2c1. The third-order valence-corrected chi connectivity index (χ3v) is 5.29. The van der Waals surface area contributed by atoms with Gasteiger partial charge in [-0.15, -0.1) is 0 Å². The first-order valence-electron chi connectivity index (χ1n) is 10.5. The van der Waals surface area contributed by atoms with Crippen LogP contribution < -0.4 is 10.1 Å². The van der Waals surface area contributed by atoms with Crippen molar-refractivity contribution in [2.45, 2.75) is 32.7 Å². The third kappa shape index (κ3) is 4.54. The Labute approximate surface area is 181 Å². The van der Waals surface area contributed by atoms with Crippen molar-refractivity contribution in [3.63, 3.8) is 0 Å². The molecule has 0 aliphatic carbocycles. The van der Waals surface area contributed by atoms with E-state index in [1.54, 1.807) is 0 Å². The molecule has 0 saturated heterocycles. The summed E-state index contributed by atoms with van der Waals surface area (Å²) in [4.78, 5) is 13.1. The molecule has 1 amide bonds. The minimum atomic E-state index is -0.114. The number of fused-ring (bicyclic) bond motifs is 2. The van der Waals surface area contributed by atoms with Gasteiger partial charge in [-0.3, -0.25) is 4.79 Å². The van der Waals surface area contributed by atoms with E-state index in [1.807, 2.05) is 60.7 Å². The predicted molar refractivity (Wildman–Crippen MR) is 121 cm³/mol. The van der Waals surface area contributed by atoms with E-state index in [-0.39, 0.29) is 12.5 Å². The van der Waals surface area contributed by atoms with E-state index < -0.39 is 0 Å². The van der Waals surface area contributed by atoms with Crippen LogP contribution in [0.25, 0.3) is 21.7 Å². The van der Waals surface area contributed by atoms with Gasteiger partial charge in [-0.2, -0.15) is 5.26 Å². The lowest BCUT2D eigenvalue weighted by atomic mass is 10.1. The lowest BCUT2D eigenvalue weighted by Crippen LogP contribution is -2.23. The van der Waals surface area contributed by atoms with Crippen molar-refractivity contribution in [3.8, 4) is 11.8 Å². The Hall–Kier alpha value is -3.78. The predicted octanol–water partition coefficient (Wildman–Crippen LogP) is 5.76. The zero-order valence-corrected chi connectivity index (χ0v) is 17.5. The molecule has 31 heavy (non-hydrogen) atoms. The summed E-state index contributed by atoms with van der Waals surface area (Å²) in [6.07, 6.45) is 2.77. The average Bonchev–Trinajstić information content (AvgIpc) is 3.18. The molecule has 1 heterocycles. The van der Waals surface area contributed by atoms with Crippen molar-refractivity contribution in [2.75, 3.05) is 6.61 Å². The summed E-state index contributed by atoms with van der Waals surface area (Å²) in [5.41, 5.74) is 2.40. The molecule has 0 radical (unpaired) electrons. The fourth-order valence-electron chi connectivity index (χ4n) is 3.72. The van der Waals surface area contributed by atoms with Gasteiger partial charge in [0.15, 0.2) is 6.61 Å². The van der Waals surface area contributed by atoms with Gasteiger partial charge in [0, 0.05) is 18.4 Å². The number of para-hydroxylation sites is 1. The summed E-state index contributed by atoms with van der Waals surface area (Å²) < 4.78 is 11.3. The molecule has 0 spiro atoms. The lowest BCUT2D eigenvalue weighted by molar-refractivity contribution is 0.0950. The Balaban J connectivity index is 1.52. The van der Waals surface area contributed by atoms with Crippen molar-refractivity contribution in [1.29, 1.82) is 5.26 Å². The van der Waals surface area contributed by atoms with Crippen LogP contribution in [0.5, 0.6) is 5.75 Å². The summed E-state index contributed by atoms with van der Waals surface area (Å²) in [5.74, 6) is 1.31. The van der Waals surface area contributed by atoms with Crippen LogP contribution in [-0.4, -0.2) is 12.5 Å². The number of amides is 1. The fraction of sp³-hybridized carbons (Fsp3) is 0.231. The van der Waals surface area contributed by atoms with E-state index in [1.165, 1.54) is 0 Å². The van der Waals surface area contributed by atoms with Gasteiger partial charge in [0.1, 0.15) is 23.2 Å². The molecule has 0 aliphatic rings. The summed E-state index contributed by atoms with van der Waals surface area (Å²) in [6, 6.07) is 21.4. The summed E-state index contributed by atoms with van der Waals surface area (Å²) in [6.45, 7) is 2.58. The van der Waals surface area contributed by atoms with E-state index in [4.69, 9.17) is 14.4 Å². The van der Waals surface area contributed by atoms with Crippen LogP contribution >= 0.6 is 0 Å². The molecule has 0 atom stereocenters. The van der Waals surface area contributed by atoms with E-state index in [0.29, 0.717) is 17.9 Å². The van der Waals surface area contributed by atoms with Crippen LogP contribution in [-0.2, 0) is 13.0 Å². The molecule has 4 rings (SSSR count). The molecule has 0 unspecified atom stereocenters. The zero-order valence-electron chi connectivity index (χ0n) is 17.5. The summed E-state index contributed by atoms with van der Waals surface area (Å²) in [5, 5.41) is 14.6. The molecule has 0 saturated carbocycles. The lowest BCUT2D eigenvalue weighted by Gasteiger charge is -2.08. The Kier molecular flexibility index (Phi) is 6.18. The minimum Gasteiger partial charge on any atom is -0.479 e. The number of benzene rings is 3. The Morgan fingerprint density at radius 1 is 1.10 bits per heavy atom. The number of furan rings is 1. The number of carbonyl (C=O) groups excluding carboxylic acids is 1. The van der Waals surface area contributed by atoms with Gasteiger partial charge in [-0.25, -0.2) is 0 Å². The summed E-state index contributed by atoms with van der Waals surface area (Å²) >= 11 is 0. The molecule has 156 valence electrons. The Morgan fingerprint density at radius 2 is 1.90 bits per heavy atom. The number of aryl methyl sites for hydroxylation is 1. The second kappa shape index (κ2) is 9.36. The number of carbonyl (C=O) groups is 1. The second-order valence-electron chi connectivity index (χ2n) is 7.47. The number of rotatable bonds is 8. The van der Waals surface area contributed by atoms with E-state index in [2.05, 4.69) is 18.3 Å². The molecule has 0 aliphatic heterocycles. The topological polar surface area (TPSA) is 75.3 Å². The highest BCUT2D eigenvalue weighted by Crippen LogP contribution is 2.27. The van der Waals surface area contributed by atoms with Gasteiger partial charge in [-0.1, -0.05) is 49.7 Å². The minimum absolute atomic E-state index is 0.0263. The molecule has 0 bridgehead atoms. The maximum atomic E-state index is 13.1. The highest BCUT2D eigenvalue weighted by atomic mass is 16.5. The largest absolute Gasteiger partial charge is 0.479 e. The van der Waals surface area contributed by atoms with Crippen LogP contribution in [0.15, 0.2) is 65.1 Å². The van der Waals surface area contributed by atoms with Gasteiger partial charge >= 0.3 is 0 Å². The number of unbranched alkanes of at least 4 members (excludes halogenated alkanes) is 1. The number of hydrogen-bond donors (Lipinski definition) is 1. The molecular weight excluding hydrogens is 388 g/mol. The first-order chi connectivity index (χ1) is 15.2. The van der Waals surface area contributed by atoms with Gasteiger partial charge in [0.25, 0.3) is 5.91 Å². The number of nitrogens with one attached hydrogen (secondary N) is 1. The standard InChI is InChI=1S/C26H24N2O3/c1-2-3-7-24-25(22-6-4-5-8-23(22)31-24)26(29)28-17-18-9-10-20-16-21(30-14-13-27)12-11-19(20)15-18/h4-6,8-12,15-16H,2-3,7,14,17H2,1H3,(H,28,29). The molecule has 1 N–H and O–H groups in total. The number of nitrogens with zero attached hydrogens (tertiary/aromatic N) is 1. The number of hydrogen-bond acceptors (Lipinski definition) is 4. The monoisotopic (exact) mass is 412 g/mol. The fourth-order valence-corrected chi connectivity index (χ4v) is 3.72. The van der Waals surface area contributed by atoms with E-state index in [9.17, 15) is 4.79 Å². The van der Waals surface area contributed by atoms with Gasteiger partial charge in [0.2, 0.25) is 0 Å². The maximum Gasteiger partial charge on any atom is 0.255 e. The van der Waals surface area contributed by atoms with E-state index in [0.717, 1.165) is 52.3 Å². The zero-order chi connectivity index (χ0) is 21.6. The van der Waals surface area contributed by atoms with Gasteiger partial charge in [0.05, 0.1) is 5.56 Å². The smallest absolute Gasteiger partial charge is 0.255 e. The van der Waals surface area contributed by atoms with Crippen molar-refractivity contribution in [1.82, 2.24) is 5.32 Å². The third-order valence-electron chi connectivity index (χ3n) is 5.29. The maximum absolute atomic E-state index is 13.1. The quantitative estimate of drug-likeness (QED) is 0.399. The van der Waals surface area contributed by atoms with E-state index >= 15 is 0 Å². The van der Waals surface area contributed by atoms with Crippen molar-refractivity contribution in [2.24, 2.45) is 0 Å². The second-order valence-corrected chi connectivity index (χ2v) is 7.47. The van der Waals surface area contributed by atoms with Gasteiger partial charge < -0.3 is 14.5 Å². The molecular formula is C26H24N2O3. The van der Waals surface area contributed by atoms with Crippen LogP contribution in [0, 0.1) is 11.3 Å². The summed E-state index contributed by atoms with van der Waals surface area (Å²) in [7, 11) is 0. The van der Waals surface area contributed by atoms with Crippen molar-refractivity contribution < 1.29 is 13.9 Å². The molecule has 4 aromatic rings. The van der Waals surface area contributed by atoms with Crippen LogP contribution in [0.2, 0.25) is 0 Å². The van der Waals surface area contributed by atoms with Crippen molar-refractivity contribution in [3.05, 3.63) is 77.6 Å². The Bertz CT molecular complexity index is 1270. The molecule has 5 nitrogen and oxygen atoms in total. The number of nitriles is 1.